The molecule has 0 saturated heterocycles. The van der Waals surface area contributed by atoms with Crippen molar-refractivity contribution in [1.82, 2.24) is 14.9 Å². The van der Waals surface area contributed by atoms with Crippen molar-refractivity contribution >= 4 is 22.5 Å². The molecular weight excluding hydrogens is 334 g/mol. The summed E-state index contributed by atoms with van der Waals surface area (Å²) >= 11 is 6.10. The van der Waals surface area contributed by atoms with E-state index in [1.54, 1.807) is 22.8 Å². The molecule has 1 N–H and O–H groups in total. The second kappa shape index (κ2) is 7.81. The highest BCUT2D eigenvalue weighted by Crippen LogP contribution is 2.20. The average molecular weight is 356 g/mol. The van der Waals surface area contributed by atoms with Crippen molar-refractivity contribution in [2.24, 2.45) is 0 Å². The molecule has 0 amide bonds. The molecule has 0 spiro atoms. The average Bonchev–Trinajstić information content (AvgIpc) is 2.62. The van der Waals surface area contributed by atoms with Gasteiger partial charge in [-0.1, -0.05) is 55.8 Å². The van der Waals surface area contributed by atoms with E-state index in [1.165, 1.54) is 0 Å². The fraction of sp³-hybridized carbons (Fsp3) is 0.300. The molecule has 0 bridgehead atoms. The molecule has 0 saturated carbocycles. The maximum Gasteiger partial charge on any atom is 0.261 e. The van der Waals surface area contributed by atoms with Crippen LogP contribution in [-0.2, 0) is 6.54 Å². The van der Waals surface area contributed by atoms with Gasteiger partial charge < -0.3 is 5.32 Å². The Bertz CT molecular complexity index is 921. The van der Waals surface area contributed by atoms with Gasteiger partial charge in [-0.2, -0.15) is 0 Å². The molecule has 130 valence electrons. The first-order valence-electron chi connectivity index (χ1n) is 8.61. The highest BCUT2D eigenvalue weighted by atomic mass is 35.5. The third-order valence-electron chi connectivity index (χ3n) is 4.30. The predicted octanol–water partition coefficient (Wildman–Crippen LogP) is 4.16. The van der Waals surface area contributed by atoms with Gasteiger partial charge in [0, 0.05) is 5.02 Å². The minimum Gasteiger partial charge on any atom is -0.308 e. The number of rotatable bonds is 6. The van der Waals surface area contributed by atoms with Crippen LogP contribution in [0, 0.1) is 0 Å². The van der Waals surface area contributed by atoms with E-state index >= 15 is 0 Å². The van der Waals surface area contributed by atoms with Crippen LogP contribution < -0.4 is 10.9 Å². The molecule has 0 radical (unpaired) electrons. The summed E-state index contributed by atoms with van der Waals surface area (Å²) in [5.74, 6) is 0.757. The van der Waals surface area contributed by atoms with Crippen molar-refractivity contribution < 1.29 is 0 Å². The second-order valence-electron chi connectivity index (χ2n) is 6.03. The van der Waals surface area contributed by atoms with Crippen LogP contribution in [0.2, 0.25) is 5.02 Å². The summed E-state index contributed by atoms with van der Waals surface area (Å²) in [4.78, 5) is 17.9. The number of nitrogens with zero attached hydrogens (tertiary/aromatic N) is 2. The first kappa shape index (κ1) is 17.6. The molecule has 1 atom stereocenters. The molecule has 0 fully saturated rings. The quantitative estimate of drug-likeness (QED) is 0.722. The molecule has 0 aliphatic rings. The highest BCUT2D eigenvalue weighted by molar-refractivity contribution is 6.31. The number of benzene rings is 2. The first-order chi connectivity index (χ1) is 12.1. The highest BCUT2D eigenvalue weighted by Gasteiger charge is 2.18. The zero-order valence-electron chi connectivity index (χ0n) is 14.5. The van der Waals surface area contributed by atoms with Crippen LogP contribution in [0.25, 0.3) is 10.9 Å². The van der Waals surface area contributed by atoms with Gasteiger partial charge in [0.05, 0.1) is 23.5 Å². The number of nitrogens with one attached hydrogen (secondary N) is 1. The number of fused-ring (bicyclic) bond motifs is 1. The van der Waals surface area contributed by atoms with Crippen molar-refractivity contribution in [1.29, 1.82) is 0 Å². The fourth-order valence-electron chi connectivity index (χ4n) is 3.06. The summed E-state index contributed by atoms with van der Waals surface area (Å²) in [6.45, 7) is 5.46. The van der Waals surface area contributed by atoms with Gasteiger partial charge in [0.15, 0.2) is 0 Å². The van der Waals surface area contributed by atoms with Crippen molar-refractivity contribution in [3.05, 3.63) is 75.3 Å². The smallest absolute Gasteiger partial charge is 0.261 e. The fourth-order valence-corrected chi connectivity index (χ4v) is 3.23. The van der Waals surface area contributed by atoms with E-state index in [0.717, 1.165) is 24.4 Å². The maximum absolute atomic E-state index is 13.1. The van der Waals surface area contributed by atoms with Gasteiger partial charge in [-0.25, -0.2) is 4.98 Å². The zero-order valence-corrected chi connectivity index (χ0v) is 15.3. The Morgan fingerprint density at radius 1 is 1.16 bits per heavy atom. The minimum absolute atomic E-state index is 0.0183. The largest absolute Gasteiger partial charge is 0.308 e. The van der Waals surface area contributed by atoms with Crippen molar-refractivity contribution in [2.75, 3.05) is 6.54 Å². The Hall–Kier alpha value is -2.17. The van der Waals surface area contributed by atoms with Crippen LogP contribution >= 0.6 is 11.6 Å². The first-order valence-corrected chi connectivity index (χ1v) is 8.99. The van der Waals surface area contributed by atoms with Gasteiger partial charge in [-0.05, 0) is 36.7 Å². The van der Waals surface area contributed by atoms with E-state index in [-0.39, 0.29) is 11.6 Å². The Morgan fingerprint density at radius 2 is 1.92 bits per heavy atom. The lowest BCUT2D eigenvalue weighted by molar-refractivity contribution is 0.479. The van der Waals surface area contributed by atoms with Crippen LogP contribution in [0.5, 0.6) is 0 Å². The van der Waals surface area contributed by atoms with E-state index in [2.05, 4.69) is 19.2 Å². The van der Waals surface area contributed by atoms with E-state index in [1.807, 2.05) is 30.3 Å². The SMILES string of the molecule is CCNC(CC)c1nc2cc(Cl)ccc2c(=O)n1Cc1ccccc1. The van der Waals surface area contributed by atoms with E-state index in [9.17, 15) is 4.79 Å². The van der Waals surface area contributed by atoms with Gasteiger partial charge in [0.1, 0.15) is 5.82 Å². The second-order valence-corrected chi connectivity index (χ2v) is 6.46. The van der Waals surface area contributed by atoms with Gasteiger partial charge >= 0.3 is 0 Å². The van der Waals surface area contributed by atoms with Crippen LogP contribution in [-0.4, -0.2) is 16.1 Å². The Morgan fingerprint density at radius 3 is 2.60 bits per heavy atom. The molecule has 4 nitrogen and oxygen atoms in total. The summed E-state index contributed by atoms with van der Waals surface area (Å²) in [7, 11) is 0. The Labute approximate surface area is 152 Å². The molecule has 2 aromatic carbocycles. The predicted molar refractivity (Wildman–Crippen MR) is 103 cm³/mol. The van der Waals surface area contributed by atoms with Crippen molar-refractivity contribution in [2.45, 2.75) is 32.9 Å². The molecule has 1 aromatic heterocycles. The molecule has 0 aliphatic carbocycles. The van der Waals surface area contributed by atoms with Gasteiger partial charge in [-0.15, -0.1) is 0 Å². The standard InChI is InChI=1S/C20H22ClN3O/c1-3-17(22-4-2)19-23-18-12-15(21)10-11-16(18)20(25)24(19)13-14-8-6-5-7-9-14/h5-12,17,22H,3-4,13H2,1-2H3. The van der Waals surface area contributed by atoms with Crippen molar-refractivity contribution in [3.63, 3.8) is 0 Å². The summed E-state index contributed by atoms with van der Waals surface area (Å²) in [5, 5.41) is 4.60. The third kappa shape index (κ3) is 3.75. The third-order valence-corrected chi connectivity index (χ3v) is 4.54. The lowest BCUT2D eigenvalue weighted by atomic mass is 10.1. The molecule has 0 aliphatic heterocycles. The monoisotopic (exact) mass is 355 g/mol. The topological polar surface area (TPSA) is 46.9 Å². The molecule has 3 rings (SSSR count). The lowest BCUT2D eigenvalue weighted by Gasteiger charge is -2.21. The molecule has 25 heavy (non-hydrogen) atoms. The molecule has 1 heterocycles. The minimum atomic E-state index is -0.0307. The van der Waals surface area contributed by atoms with Crippen LogP contribution in [0.15, 0.2) is 53.3 Å². The molecule has 1 unspecified atom stereocenters. The summed E-state index contributed by atoms with van der Waals surface area (Å²) in [6.07, 6.45) is 0.848. The summed E-state index contributed by atoms with van der Waals surface area (Å²) in [6, 6.07) is 15.3. The van der Waals surface area contributed by atoms with Gasteiger partial charge in [0.2, 0.25) is 0 Å². The molecule has 5 heteroatoms. The number of aromatic nitrogens is 2. The van der Waals surface area contributed by atoms with E-state index in [0.29, 0.717) is 22.5 Å². The van der Waals surface area contributed by atoms with Crippen LogP contribution in [0.3, 0.4) is 0 Å². The molecular formula is C20H22ClN3O. The van der Waals surface area contributed by atoms with E-state index in [4.69, 9.17) is 16.6 Å². The maximum atomic E-state index is 13.1. The van der Waals surface area contributed by atoms with E-state index < -0.39 is 0 Å². The number of hydrogen-bond donors (Lipinski definition) is 1. The summed E-state index contributed by atoms with van der Waals surface area (Å²) in [5.41, 5.74) is 1.69. The molecule has 3 aromatic rings. The van der Waals surface area contributed by atoms with Crippen molar-refractivity contribution in [3.8, 4) is 0 Å². The number of halogens is 1. The lowest BCUT2D eigenvalue weighted by Crippen LogP contribution is -2.32. The normalized spacial score (nSPS) is 12.4. The van der Waals surface area contributed by atoms with Gasteiger partial charge in [0.25, 0.3) is 5.56 Å². The number of hydrogen-bond acceptors (Lipinski definition) is 3. The van der Waals surface area contributed by atoms with Gasteiger partial charge in [-0.3, -0.25) is 9.36 Å². The Balaban J connectivity index is 2.21. The summed E-state index contributed by atoms with van der Waals surface area (Å²) < 4.78 is 1.78. The van der Waals surface area contributed by atoms with Crippen LogP contribution in [0.1, 0.15) is 37.7 Å². The van der Waals surface area contributed by atoms with Crippen LogP contribution in [0.4, 0.5) is 0 Å². The zero-order chi connectivity index (χ0) is 17.8. The Kier molecular flexibility index (Phi) is 5.51.